The first-order valence-corrected chi connectivity index (χ1v) is 8.57. The molecule has 0 aliphatic carbocycles. The summed E-state index contributed by atoms with van der Waals surface area (Å²) >= 11 is 5.87. The van der Waals surface area contributed by atoms with Crippen LogP contribution in [0.4, 0.5) is 5.69 Å². The quantitative estimate of drug-likeness (QED) is 0.831. The summed E-state index contributed by atoms with van der Waals surface area (Å²) in [4.78, 5) is 39.7. The van der Waals surface area contributed by atoms with E-state index in [1.54, 1.807) is 46.2 Å². The second-order valence-corrected chi connectivity index (χ2v) is 6.32. The summed E-state index contributed by atoms with van der Waals surface area (Å²) in [6.45, 7) is 1.58. The molecule has 0 saturated carbocycles. The Hall–Kier alpha value is -2.80. The molecule has 0 atom stereocenters. The number of hydrogen-bond donors (Lipinski definition) is 1. The van der Waals surface area contributed by atoms with Gasteiger partial charge in [0.25, 0.3) is 5.91 Å². The number of amides is 3. The first-order valence-electron chi connectivity index (χ1n) is 8.19. The predicted molar refractivity (Wildman–Crippen MR) is 95.9 cm³/mol. The van der Waals surface area contributed by atoms with Crippen molar-refractivity contribution in [3.05, 3.63) is 53.4 Å². The third-order valence-electron chi connectivity index (χ3n) is 4.07. The van der Waals surface area contributed by atoms with Crippen LogP contribution in [0.3, 0.4) is 0 Å². The van der Waals surface area contributed by atoms with Gasteiger partial charge >= 0.3 is 0 Å². The van der Waals surface area contributed by atoms with Gasteiger partial charge in [0.1, 0.15) is 6.42 Å². The molecule has 136 valence electrons. The van der Waals surface area contributed by atoms with Crippen molar-refractivity contribution in [3.8, 4) is 0 Å². The Balaban J connectivity index is 1.47. The van der Waals surface area contributed by atoms with E-state index in [2.05, 4.69) is 5.32 Å². The summed E-state index contributed by atoms with van der Waals surface area (Å²) in [5.74, 6) is -0.576. The van der Waals surface area contributed by atoms with Gasteiger partial charge in [0.2, 0.25) is 11.8 Å². The van der Waals surface area contributed by atoms with E-state index in [9.17, 15) is 14.4 Å². The lowest BCUT2D eigenvalue weighted by atomic mass is 10.2. The molecule has 1 aromatic carbocycles. The van der Waals surface area contributed by atoms with Crippen LogP contribution in [0.15, 0.2) is 47.1 Å². The fraction of sp³-hybridized carbons (Fsp3) is 0.278. The minimum Gasteiger partial charge on any atom is -0.459 e. The molecule has 8 heteroatoms. The van der Waals surface area contributed by atoms with Crippen molar-refractivity contribution in [1.82, 2.24) is 9.80 Å². The van der Waals surface area contributed by atoms with Crippen molar-refractivity contribution in [3.63, 3.8) is 0 Å². The fourth-order valence-electron chi connectivity index (χ4n) is 2.74. The van der Waals surface area contributed by atoms with Gasteiger partial charge in [-0.3, -0.25) is 14.4 Å². The second kappa shape index (κ2) is 8.05. The Morgan fingerprint density at radius 2 is 1.77 bits per heavy atom. The summed E-state index contributed by atoms with van der Waals surface area (Å²) in [5.41, 5.74) is 0.546. The highest BCUT2D eigenvalue weighted by Gasteiger charge is 2.26. The smallest absolute Gasteiger partial charge is 0.289 e. The molecule has 26 heavy (non-hydrogen) atoms. The maximum absolute atomic E-state index is 12.3. The molecule has 2 heterocycles. The first-order chi connectivity index (χ1) is 12.5. The zero-order chi connectivity index (χ0) is 18.5. The second-order valence-electron chi connectivity index (χ2n) is 5.89. The molecular weight excluding hydrogens is 358 g/mol. The van der Waals surface area contributed by atoms with Crippen LogP contribution in [0.25, 0.3) is 0 Å². The molecule has 1 N–H and O–H groups in total. The highest BCUT2D eigenvalue weighted by atomic mass is 35.5. The number of carbonyl (C=O) groups is 3. The van der Waals surface area contributed by atoms with Crippen LogP contribution in [-0.4, -0.2) is 53.7 Å². The monoisotopic (exact) mass is 375 g/mol. The molecule has 1 aliphatic rings. The fourth-order valence-corrected chi connectivity index (χ4v) is 2.93. The third-order valence-corrected chi connectivity index (χ3v) is 4.31. The summed E-state index contributed by atoms with van der Waals surface area (Å²) < 4.78 is 5.11. The maximum Gasteiger partial charge on any atom is 0.289 e. The van der Waals surface area contributed by atoms with Crippen molar-refractivity contribution in [2.45, 2.75) is 6.42 Å². The van der Waals surface area contributed by atoms with Crippen molar-refractivity contribution in [1.29, 1.82) is 0 Å². The van der Waals surface area contributed by atoms with E-state index in [0.717, 1.165) is 0 Å². The summed E-state index contributed by atoms with van der Waals surface area (Å²) in [7, 11) is 0. The number of halogens is 1. The molecule has 0 spiro atoms. The van der Waals surface area contributed by atoms with Crippen LogP contribution in [0.5, 0.6) is 0 Å². The van der Waals surface area contributed by atoms with Crippen LogP contribution in [0.2, 0.25) is 5.02 Å². The molecule has 3 amide bonds. The van der Waals surface area contributed by atoms with Crippen LogP contribution in [0, 0.1) is 0 Å². The molecule has 0 bridgehead atoms. The molecular formula is C18H18ClN3O4. The van der Waals surface area contributed by atoms with Crippen molar-refractivity contribution < 1.29 is 18.8 Å². The minimum atomic E-state index is -0.397. The van der Waals surface area contributed by atoms with Crippen LogP contribution < -0.4 is 5.32 Å². The van der Waals surface area contributed by atoms with Gasteiger partial charge in [-0.1, -0.05) is 17.7 Å². The van der Waals surface area contributed by atoms with Crippen LogP contribution in [-0.2, 0) is 9.59 Å². The van der Waals surface area contributed by atoms with Crippen molar-refractivity contribution in [2.24, 2.45) is 0 Å². The molecule has 3 rings (SSSR count). The Morgan fingerprint density at radius 3 is 2.42 bits per heavy atom. The summed E-state index contributed by atoms with van der Waals surface area (Å²) in [5, 5.41) is 3.16. The zero-order valence-electron chi connectivity index (χ0n) is 14.0. The Bertz CT molecular complexity index is 799. The van der Waals surface area contributed by atoms with Gasteiger partial charge in [-0.2, -0.15) is 0 Å². The normalized spacial score (nSPS) is 14.2. The standard InChI is InChI=1S/C18H18ClN3O4/c19-13-3-1-4-14(11-13)20-16(23)12-17(24)21-6-8-22(9-7-21)18(25)15-5-2-10-26-15/h1-5,10-11H,6-9,12H2,(H,20,23). The Kier molecular flexibility index (Phi) is 5.58. The van der Waals surface area contributed by atoms with E-state index in [0.29, 0.717) is 36.9 Å². The zero-order valence-corrected chi connectivity index (χ0v) is 14.7. The van der Waals surface area contributed by atoms with Crippen molar-refractivity contribution in [2.75, 3.05) is 31.5 Å². The lowest BCUT2D eigenvalue weighted by molar-refractivity contribution is -0.135. The van der Waals surface area contributed by atoms with E-state index in [1.807, 2.05) is 0 Å². The molecule has 1 saturated heterocycles. The predicted octanol–water partition coefficient (Wildman–Crippen LogP) is 2.25. The number of piperazine rings is 1. The molecule has 0 unspecified atom stereocenters. The van der Waals surface area contributed by atoms with E-state index in [4.69, 9.17) is 16.0 Å². The third kappa shape index (κ3) is 4.43. The van der Waals surface area contributed by atoms with Crippen LogP contribution >= 0.6 is 11.6 Å². The number of rotatable bonds is 4. The lowest BCUT2D eigenvalue weighted by Crippen LogP contribution is -2.51. The number of benzene rings is 1. The molecule has 1 aromatic heterocycles. The number of anilines is 1. The molecule has 0 radical (unpaired) electrons. The highest BCUT2D eigenvalue weighted by molar-refractivity contribution is 6.30. The van der Waals surface area contributed by atoms with Crippen molar-refractivity contribution >= 4 is 35.0 Å². The average molecular weight is 376 g/mol. The number of nitrogens with zero attached hydrogens (tertiary/aromatic N) is 2. The number of furan rings is 1. The average Bonchev–Trinajstić information content (AvgIpc) is 3.15. The van der Waals surface area contributed by atoms with E-state index in [1.165, 1.54) is 6.26 Å². The largest absolute Gasteiger partial charge is 0.459 e. The van der Waals surface area contributed by atoms with E-state index in [-0.39, 0.29) is 24.0 Å². The number of hydrogen-bond acceptors (Lipinski definition) is 4. The maximum atomic E-state index is 12.3. The Morgan fingerprint density at radius 1 is 1.04 bits per heavy atom. The highest BCUT2D eigenvalue weighted by Crippen LogP contribution is 2.15. The summed E-state index contributed by atoms with van der Waals surface area (Å²) in [6.07, 6.45) is 1.20. The topological polar surface area (TPSA) is 82.9 Å². The summed E-state index contributed by atoms with van der Waals surface area (Å²) in [6, 6.07) is 10.0. The van der Waals surface area contributed by atoms with E-state index < -0.39 is 5.91 Å². The van der Waals surface area contributed by atoms with Gasteiger partial charge in [0.15, 0.2) is 5.76 Å². The van der Waals surface area contributed by atoms with Gasteiger partial charge in [0.05, 0.1) is 6.26 Å². The van der Waals surface area contributed by atoms with Crippen LogP contribution in [0.1, 0.15) is 17.0 Å². The van der Waals surface area contributed by atoms with Gasteiger partial charge in [0, 0.05) is 36.9 Å². The SMILES string of the molecule is O=C(CC(=O)N1CCN(C(=O)c2ccco2)CC1)Nc1cccc(Cl)c1. The molecule has 1 fully saturated rings. The number of nitrogens with one attached hydrogen (secondary N) is 1. The van der Waals surface area contributed by atoms with E-state index >= 15 is 0 Å². The number of carbonyl (C=O) groups excluding carboxylic acids is 3. The first kappa shape index (κ1) is 18.0. The van der Waals surface area contributed by atoms with Gasteiger partial charge in [-0.05, 0) is 30.3 Å². The minimum absolute atomic E-state index is 0.194. The molecule has 1 aliphatic heterocycles. The Labute approximate surface area is 155 Å². The van der Waals surface area contributed by atoms with Gasteiger partial charge in [-0.15, -0.1) is 0 Å². The molecule has 2 aromatic rings. The molecule has 7 nitrogen and oxygen atoms in total. The lowest BCUT2D eigenvalue weighted by Gasteiger charge is -2.34. The van der Waals surface area contributed by atoms with Gasteiger partial charge < -0.3 is 19.5 Å². The van der Waals surface area contributed by atoms with Gasteiger partial charge in [-0.25, -0.2) is 0 Å².